The average Bonchev–Trinajstić information content (AvgIpc) is 2.95. The van der Waals surface area contributed by atoms with Gasteiger partial charge in [0.05, 0.1) is 17.7 Å². The zero-order valence-electron chi connectivity index (χ0n) is 12.1. The summed E-state index contributed by atoms with van der Waals surface area (Å²) in [7, 11) is 0. The number of nitrogens with one attached hydrogen (secondary N) is 1. The molecule has 0 aliphatic carbocycles. The molecule has 20 heavy (non-hydrogen) atoms. The van der Waals surface area contributed by atoms with E-state index >= 15 is 0 Å². The molecule has 1 saturated heterocycles. The van der Waals surface area contributed by atoms with Gasteiger partial charge in [-0.1, -0.05) is 0 Å². The number of aliphatic hydroxyl groups excluding tert-OH is 2. The van der Waals surface area contributed by atoms with E-state index < -0.39 is 18.2 Å². The summed E-state index contributed by atoms with van der Waals surface area (Å²) in [4.78, 5) is 14.1. The van der Waals surface area contributed by atoms with Gasteiger partial charge < -0.3 is 24.8 Å². The van der Waals surface area contributed by atoms with Gasteiger partial charge >= 0.3 is 0 Å². The highest BCUT2D eigenvalue weighted by molar-refractivity contribution is 5.95. The predicted molar refractivity (Wildman–Crippen MR) is 73.5 cm³/mol. The Labute approximate surface area is 118 Å². The van der Waals surface area contributed by atoms with Crippen molar-refractivity contribution >= 4 is 5.91 Å². The van der Waals surface area contributed by atoms with Crippen LogP contribution in [0.5, 0.6) is 0 Å². The first kappa shape index (κ1) is 15.0. The molecule has 1 aliphatic heterocycles. The monoisotopic (exact) mass is 282 g/mol. The minimum absolute atomic E-state index is 0.0736. The van der Waals surface area contributed by atoms with E-state index in [9.17, 15) is 15.0 Å². The predicted octanol–water partition coefficient (Wildman–Crippen LogP) is 0.436. The Kier molecular flexibility index (Phi) is 4.47. The molecule has 2 heterocycles. The van der Waals surface area contributed by atoms with Crippen molar-refractivity contribution in [2.24, 2.45) is 0 Å². The number of amides is 1. The van der Waals surface area contributed by atoms with E-state index in [1.54, 1.807) is 17.9 Å². The van der Waals surface area contributed by atoms with Crippen LogP contribution in [0.15, 0.2) is 10.5 Å². The second kappa shape index (κ2) is 5.95. The normalized spacial score (nSPS) is 25.9. The maximum absolute atomic E-state index is 12.3. The van der Waals surface area contributed by atoms with E-state index in [0.29, 0.717) is 36.7 Å². The summed E-state index contributed by atoms with van der Waals surface area (Å²) in [6, 6.07) is 1.19. The van der Waals surface area contributed by atoms with E-state index in [1.165, 1.54) is 0 Å². The highest BCUT2D eigenvalue weighted by Crippen LogP contribution is 2.28. The number of carbonyl (C=O) groups is 1. The average molecular weight is 282 g/mol. The van der Waals surface area contributed by atoms with Crippen LogP contribution in [-0.4, -0.2) is 52.9 Å². The van der Waals surface area contributed by atoms with Crippen molar-refractivity contribution in [3.63, 3.8) is 0 Å². The number of nitrogens with zero attached hydrogens (tertiary/aromatic N) is 1. The van der Waals surface area contributed by atoms with E-state index in [4.69, 9.17) is 4.42 Å². The number of hydrogen-bond acceptors (Lipinski definition) is 5. The molecule has 0 spiro atoms. The van der Waals surface area contributed by atoms with Crippen LogP contribution in [0, 0.1) is 6.92 Å². The summed E-state index contributed by atoms with van der Waals surface area (Å²) in [5, 5.41) is 22.4. The number of aliphatic hydroxyl groups is 2. The topological polar surface area (TPSA) is 85.9 Å². The molecule has 0 unspecified atom stereocenters. The van der Waals surface area contributed by atoms with Gasteiger partial charge in [-0.15, -0.1) is 0 Å². The van der Waals surface area contributed by atoms with Crippen LogP contribution in [0.2, 0.25) is 0 Å². The van der Waals surface area contributed by atoms with Crippen molar-refractivity contribution in [1.82, 2.24) is 10.2 Å². The number of aryl methyl sites for hydroxylation is 1. The Balaban J connectivity index is 2.24. The summed E-state index contributed by atoms with van der Waals surface area (Å²) in [6.07, 6.45) is -1.73. The first-order chi connectivity index (χ1) is 9.49. The first-order valence-electron chi connectivity index (χ1n) is 6.98. The van der Waals surface area contributed by atoms with Gasteiger partial charge in [0, 0.05) is 19.6 Å². The van der Waals surface area contributed by atoms with Crippen LogP contribution in [-0.2, 0) is 0 Å². The molecule has 6 nitrogen and oxygen atoms in total. The van der Waals surface area contributed by atoms with E-state index in [2.05, 4.69) is 5.32 Å². The van der Waals surface area contributed by atoms with Crippen LogP contribution < -0.4 is 5.32 Å². The first-order valence-corrected chi connectivity index (χ1v) is 6.98. The molecule has 0 saturated carbocycles. The van der Waals surface area contributed by atoms with Crippen molar-refractivity contribution in [3.05, 3.63) is 23.2 Å². The van der Waals surface area contributed by atoms with Crippen molar-refractivity contribution < 1.29 is 19.4 Å². The highest BCUT2D eigenvalue weighted by Gasteiger charge is 2.37. The quantitative estimate of drug-likeness (QED) is 0.746. The minimum atomic E-state index is -0.919. The Morgan fingerprint density at radius 3 is 2.60 bits per heavy atom. The van der Waals surface area contributed by atoms with Gasteiger partial charge in [0.25, 0.3) is 5.91 Å². The van der Waals surface area contributed by atoms with Crippen LogP contribution in [0.25, 0.3) is 0 Å². The maximum atomic E-state index is 12.3. The largest absolute Gasteiger partial charge is 0.464 e. The van der Waals surface area contributed by atoms with Crippen molar-refractivity contribution in [1.29, 1.82) is 0 Å². The van der Waals surface area contributed by atoms with Crippen LogP contribution in [0.1, 0.15) is 41.8 Å². The van der Waals surface area contributed by atoms with E-state index in [0.717, 1.165) is 0 Å². The lowest BCUT2D eigenvalue weighted by atomic mass is 10.1. The lowest BCUT2D eigenvalue weighted by molar-refractivity contribution is 0.0368. The number of rotatable bonds is 4. The standard InChI is InChI=1S/C14H22N2O4/c1-4-16(5-2)14(19)9-6-11(20-8(9)3)12-13(18)10(17)7-15-12/h6,10,12-13,15,17-18H,4-5,7H2,1-3H3/t10-,12+,13-/m1/s1. The smallest absolute Gasteiger partial charge is 0.257 e. The number of furan rings is 1. The molecule has 112 valence electrons. The fraction of sp³-hybridized carbons (Fsp3) is 0.643. The third-order valence-corrected chi connectivity index (χ3v) is 3.81. The van der Waals surface area contributed by atoms with Crippen molar-refractivity contribution in [2.45, 2.75) is 39.0 Å². The molecular weight excluding hydrogens is 260 g/mol. The lowest BCUT2D eigenvalue weighted by Gasteiger charge is -2.17. The van der Waals surface area contributed by atoms with Crippen molar-refractivity contribution in [2.75, 3.05) is 19.6 Å². The zero-order valence-corrected chi connectivity index (χ0v) is 12.1. The van der Waals surface area contributed by atoms with Gasteiger partial charge in [0.2, 0.25) is 0 Å². The molecular formula is C14H22N2O4. The Morgan fingerprint density at radius 1 is 1.45 bits per heavy atom. The van der Waals surface area contributed by atoms with Gasteiger partial charge in [-0.25, -0.2) is 0 Å². The van der Waals surface area contributed by atoms with Crippen LogP contribution in [0.4, 0.5) is 0 Å². The molecule has 1 amide bonds. The molecule has 1 aliphatic rings. The molecule has 2 rings (SSSR count). The Bertz CT molecular complexity index is 482. The van der Waals surface area contributed by atoms with Crippen LogP contribution in [0.3, 0.4) is 0 Å². The Hall–Kier alpha value is -1.37. The number of β-amino-alcohol motifs (C(OH)–C–C–N with tert-alkyl or cyclic N) is 1. The van der Waals surface area contributed by atoms with Gasteiger partial charge in [0.15, 0.2) is 0 Å². The molecule has 1 aromatic rings. The molecule has 0 aromatic carbocycles. The minimum Gasteiger partial charge on any atom is -0.464 e. The SMILES string of the molecule is CCN(CC)C(=O)c1cc([C@@H]2NC[C@@H](O)[C@H]2O)oc1C. The van der Waals surface area contributed by atoms with Gasteiger partial charge in [-0.2, -0.15) is 0 Å². The lowest BCUT2D eigenvalue weighted by Crippen LogP contribution is -2.30. The Morgan fingerprint density at radius 2 is 2.10 bits per heavy atom. The van der Waals surface area contributed by atoms with Gasteiger partial charge in [-0.05, 0) is 26.8 Å². The second-order valence-corrected chi connectivity index (χ2v) is 5.04. The van der Waals surface area contributed by atoms with Crippen molar-refractivity contribution in [3.8, 4) is 0 Å². The summed E-state index contributed by atoms with van der Waals surface area (Å²) < 4.78 is 5.60. The van der Waals surface area contributed by atoms with Gasteiger partial charge in [-0.3, -0.25) is 4.79 Å². The van der Waals surface area contributed by atoms with Crippen LogP contribution >= 0.6 is 0 Å². The van der Waals surface area contributed by atoms with E-state index in [1.807, 2.05) is 13.8 Å². The summed E-state index contributed by atoms with van der Waals surface area (Å²) in [5.74, 6) is 0.949. The van der Waals surface area contributed by atoms with E-state index in [-0.39, 0.29) is 5.91 Å². The summed E-state index contributed by atoms with van der Waals surface area (Å²) >= 11 is 0. The fourth-order valence-corrected chi connectivity index (χ4v) is 2.53. The molecule has 1 fully saturated rings. The zero-order chi connectivity index (χ0) is 14.9. The highest BCUT2D eigenvalue weighted by atomic mass is 16.4. The molecule has 6 heteroatoms. The molecule has 1 aromatic heterocycles. The molecule has 0 radical (unpaired) electrons. The van der Waals surface area contributed by atoms with Gasteiger partial charge in [0.1, 0.15) is 17.6 Å². The third-order valence-electron chi connectivity index (χ3n) is 3.81. The fourth-order valence-electron chi connectivity index (χ4n) is 2.53. The summed E-state index contributed by atoms with van der Waals surface area (Å²) in [5.41, 5.74) is 0.513. The second-order valence-electron chi connectivity index (χ2n) is 5.04. The number of carbonyl (C=O) groups excluding carboxylic acids is 1. The molecule has 0 bridgehead atoms. The molecule has 3 atom stereocenters. The third kappa shape index (κ3) is 2.59. The summed E-state index contributed by atoms with van der Waals surface area (Å²) in [6.45, 7) is 7.17. The molecule has 3 N–H and O–H groups in total. The number of hydrogen-bond donors (Lipinski definition) is 3. The maximum Gasteiger partial charge on any atom is 0.257 e.